The largest absolute Gasteiger partial charge is 0.457 e. The van der Waals surface area contributed by atoms with Crippen LogP contribution in [-0.2, 0) is 9.53 Å². The van der Waals surface area contributed by atoms with E-state index in [0.29, 0.717) is 5.56 Å². The maximum absolute atomic E-state index is 11.7. The van der Waals surface area contributed by atoms with Gasteiger partial charge in [0, 0.05) is 12.5 Å². The van der Waals surface area contributed by atoms with Crippen LogP contribution >= 0.6 is 0 Å². The summed E-state index contributed by atoms with van der Waals surface area (Å²) in [4.78, 5) is 22.3. The third-order valence-corrected chi connectivity index (χ3v) is 2.48. The molecule has 86 valence electrons. The number of carbonyl (C=O) groups is 2. The van der Waals surface area contributed by atoms with Gasteiger partial charge < -0.3 is 4.74 Å². The van der Waals surface area contributed by atoms with E-state index in [9.17, 15) is 9.59 Å². The van der Waals surface area contributed by atoms with Gasteiger partial charge in [-0.05, 0) is 16.8 Å². The van der Waals surface area contributed by atoms with E-state index in [1.165, 1.54) is 6.92 Å². The molecule has 2 rings (SSSR count). The van der Waals surface area contributed by atoms with Crippen molar-refractivity contribution in [2.75, 3.05) is 6.61 Å². The number of carbonyl (C=O) groups excluding carboxylic acids is 2. The van der Waals surface area contributed by atoms with E-state index in [0.717, 1.165) is 10.8 Å². The number of hydrogen-bond donors (Lipinski definition) is 0. The molecule has 0 heterocycles. The number of Topliss-reactive ketones (excluding diaryl/α,β-unsaturated/α-hetero) is 1. The Balaban J connectivity index is 2.24. The van der Waals surface area contributed by atoms with Crippen LogP contribution in [0.1, 0.15) is 17.3 Å². The van der Waals surface area contributed by atoms with Crippen LogP contribution in [0, 0.1) is 0 Å². The molecule has 0 bridgehead atoms. The van der Waals surface area contributed by atoms with Gasteiger partial charge in [-0.15, -0.1) is 0 Å². The predicted molar refractivity (Wildman–Crippen MR) is 64.9 cm³/mol. The molecule has 0 spiro atoms. The third kappa shape index (κ3) is 2.69. The molecule has 0 saturated carbocycles. The Labute approximate surface area is 99.0 Å². The first-order valence-corrected chi connectivity index (χ1v) is 5.32. The van der Waals surface area contributed by atoms with E-state index in [1.54, 1.807) is 12.1 Å². The number of rotatable bonds is 3. The first-order valence-electron chi connectivity index (χ1n) is 5.32. The first-order chi connectivity index (χ1) is 8.16. The summed E-state index contributed by atoms with van der Waals surface area (Å²) in [5.41, 5.74) is 0.560. The molecule has 0 saturated heterocycles. The average Bonchev–Trinajstić information content (AvgIpc) is 2.35. The summed E-state index contributed by atoms with van der Waals surface area (Å²) in [7, 11) is 0. The molecule has 0 atom stereocenters. The molecule has 0 radical (unpaired) electrons. The standard InChI is InChI=1S/C14H12O3/c1-10(15)17-9-14(16)13-7-6-11-4-2-3-5-12(11)8-13/h2-8H,9H2,1H3. The van der Waals surface area contributed by atoms with Gasteiger partial charge in [0.1, 0.15) is 0 Å². The topological polar surface area (TPSA) is 43.4 Å². The number of fused-ring (bicyclic) bond motifs is 1. The second-order valence-corrected chi connectivity index (χ2v) is 3.77. The molecule has 3 nitrogen and oxygen atoms in total. The second-order valence-electron chi connectivity index (χ2n) is 3.77. The quantitative estimate of drug-likeness (QED) is 0.599. The molecular weight excluding hydrogens is 216 g/mol. The average molecular weight is 228 g/mol. The van der Waals surface area contributed by atoms with Crippen molar-refractivity contribution in [1.82, 2.24) is 0 Å². The molecule has 0 unspecified atom stereocenters. The fourth-order valence-electron chi connectivity index (χ4n) is 1.61. The third-order valence-electron chi connectivity index (χ3n) is 2.48. The van der Waals surface area contributed by atoms with Crippen LogP contribution in [0.3, 0.4) is 0 Å². The summed E-state index contributed by atoms with van der Waals surface area (Å²) < 4.78 is 4.68. The van der Waals surface area contributed by atoms with Gasteiger partial charge in [-0.25, -0.2) is 0 Å². The van der Waals surface area contributed by atoms with Gasteiger partial charge >= 0.3 is 5.97 Å². The fraction of sp³-hybridized carbons (Fsp3) is 0.143. The van der Waals surface area contributed by atoms with Gasteiger partial charge in [0.15, 0.2) is 12.4 Å². The number of hydrogen-bond acceptors (Lipinski definition) is 3. The van der Waals surface area contributed by atoms with Crippen LogP contribution in [-0.4, -0.2) is 18.4 Å². The minimum atomic E-state index is -0.445. The Morgan fingerprint density at radius 3 is 2.47 bits per heavy atom. The molecule has 3 heteroatoms. The lowest BCUT2D eigenvalue weighted by Gasteiger charge is -2.03. The zero-order valence-electron chi connectivity index (χ0n) is 9.47. The molecule has 0 aliphatic heterocycles. The maximum atomic E-state index is 11.7. The lowest BCUT2D eigenvalue weighted by molar-refractivity contribution is -0.139. The monoisotopic (exact) mass is 228 g/mol. The van der Waals surface area contributed by atoms with Crippen molar-refractivity contribution in [2.45, 2.75) is 6.92 Å². The van der Waals surface area contributed by atoms with Crippen LogP contribution in [0.2, 0.25) is 0 Å². The Kier molecular flexibility index (Phi) is 3.19. The summed E-state index contributed by atoms with van der Waals surface area (Å²) in [6.07, 6.45) is 0. The number of benzene rings is 2. The molecule has 0 fully saturated rings. The highest BCUT2D eigenvalue weighted by atomic mass is 16.5. The molecule has 2 aromatic rings. The van der Waals surface area contributed by atoms with Crippen molar-refractivity contribution < 1.29 is 14.3 Å². The fourth-order valence-corrected chi connectivity index (χ4v) is 1.61. The zero-order chi connectivity index (χ0) is 12.3. The number of ketones is 1. The molecule has 17 heavy (non-hydrogen) atoms. The minimum absolute atomic E-state index is 0.189. The van der Waals surface area contributed by atoms with Crippen molar-refractivity contribution in [3.05, 3.63) is 48.0 Å². The minimum Gasteiger partial charge on any atom is -0.457 e. The Hall–Kier alpha value is -2.16. The number of esters is 1. The smallest absolute Gasteiger partial charge is 0.303 e. The van der Waals surface area contributed by atoms with E-state index in [-0.39, 0.29) is 12.4 Å². The van der Waals surface area contributed by atoms with Gasteiger partial charge in [0.2, 0.25) is 0 Å². The van der Waals surface area contributed by atoms with E-state index >= 15 is 0 Å². The van der Waals surface area contributed by atoms with Gasteiger partial charge in [-0.3, -0.25) is 9.59 Å². The van der Waals surface area contributed by atoms with Crippen LogP contribution in [0.4, 0.5) is 0 Å². The lowest BCUT2D eigenvalue weighted by atomic mass is 10.0. The van der Waals surface area contributed by atoms with Crippen molar-refractivity contribution in [3.8, 4) is 0 Å². The summed E-state index contributed by atoms with van der Waals surface area (Å²) in [5.74, 6) is -0.634. The van der Waals surface area contributed by atoms with Crippen LogP contribution in [0.15, 0.2) is 42.5 Å². The Morgan fingerprint density at radius 1 is 1.06 bits per heavy atom. The Bertz CT molecular complexity index is 572. The predicted octanol–water partition coefficient (Wildman–Crippen LogP) is 2.59. The van der Waals surface area contributed by atoms with Crippen molar-refractivity contribution in [3.63, 3.8) is 0 Å². The second kappa shape index (κ2) is 4.78. The van der Waals surface area contributed by atoms with Gasteiger partial charge in [-0.2, -0.15) is 0 Å². The Morgan fingerprint density at radius 2 is 1.76 bits per heavy atom. The molecular formula is C14H12O3. The van der Waals surface area contributed by atoms with Crippen molar-refractivity contribution in [1.29, 1.82) is 0 Å². The van der Waals surface area contributed by atoms with Crippen LogP contribution < -0.4 is 0 Å². The highest BCUT2D eigenvalue weighted by Crippen LogP contribution is 2.15. The van der Waals surface area contributed by atoms with Crippen LogP contribution in [0.5, 0.6) is 0 Å². The maximum Gasteiger partial charge on any atom is 0.303 e. The highest BCUT2D eigenvalue weighted by molar-refractivity contribution is 6.01. The van der Waals surface area contributed by atoms with Crippen LogP contribution in [0.25, 0.3) is 10.8 Å². The molecule has 0 amide bonds. The molecule has 0 N–H and O–H groups in total. The molecule has 0 aromatic heterocycles. The summed E-state index contributed by atoms with van der Waals surface area (Å²) in [6.45, 7) is 1.08. The molecule has 0 aliphatic rings. The first kappa shape index (κ1) is 11.3. The molecule has 0 aliphatic carbocycles. The zero-order valence-corrected chi connectivity index (χ0v) is 9.47. The van der Waals surface area contributed by atoms with Gasteiger partial charge in [-0.1, -0.05) is 36.4 Å². The van der Waals surface area contributed by atoms with E-state index in [1.807, 2.05) is 30.3 Å². The van der Waals surface area contributed by atoms with E-state index in [2.05, 4.69) is 4.74 Å². The van der Waals surface area contributed by atoms with Gasteiger partial charge in [0.05, 0.1) is 0 Å². The summed E-state index contributed by atoms with van der Waals surface area (Å²) in [6, 6.07) is 13.2. The van der Waals surface area contributed by atoms with E-state index in [4.69, 9.17) is 0 Å². The number of ether oxygens (including phenoxy) is 1. The van der Waals surface area contributed by atoms with Crippen molar-refractivity contribution in [2.24, 2.45) is 0 Å². The summed E-state index contributed by atoms with van der Waals surface area (Å²) >= 11 is 0. The van der Waals surface area contributed by atoms with Crippen molar-refractivity contribution >= 4 is 22.5 Å². The SMILES string of the molecule is CC(=O)OCC(=O)c1ccc2ccccc2c1. The lowest BCUT2D eigenvalue weighted by Crippen LogP contribution is -2.11. The normalized spacial score (nSPS) is 10.2. The summed E-state index contributed by atoms with van der Waals surface area (Å²) in [5, 5.41) is 2.08. The molecule has 2 aromatic carbocycles. The highest BCUT2D eigenvalue weighted by Gasteiger charge is 2.08. The van der Waals surface area contributed by atoms with Gasteiger partial charge in [0.25, 0.3) is 0 Å². The van der Waals surface area contributed by atoms with E-state index < -0.39 is 5.97 Å².